The molecule has 0 aromatic carbocycles. The van der Waals surface area contributed by atoms with Crippen molar-refractivity contribution in [2.24, 2.45) is 0 Å². The molecule has 1 amide bonds. The zero-order valence-electron chi connectivity index (χ0n) is 5.44. The van der Waals surface area contributed by atoms with Gasteiger partial charge >= 0.3 is 0 Å². The van der Waals surface area contributed by atoms with Crippen LogP contribution in [0, 0.1) is 0 Å². The van der Waals surface area contributed by atoms with Crippen LogP contribution in [0.25, 0.3) is 0 Å². The molecular weight excluding hydrogens is 114 g/mol. The molecule has 0 bridgehead atoms. The van der Waals surface area contributed by atoms with Gasteiger partial charge < -0.3 is 5.32 Å². The van der Waals surface area contributed by atoms with E-state index in [-0.39, 0.29) is 5.91 Å². The molecule has 1 heterocycles. The van der Waals surface area contributed by atoms with E-state index in [0.717, 1.165) is 25.0 Å². The third-order valence-corrected chi connectivity index (χ3v) is 1.44. The molecule has 0 atom stereocenters. The molecule has 0 radical (unpaired) electrons. The molecule has 1 aliphatic heterocycles. The van der Waals surface area contributed by atoms with Crippen LogP contribution in [0.1, 0.15) is 19.3 Å². The highest BCUT2D eigenvalue weighted by atomic mass is 16.1. The third-order valence-electron chi connectivity index (χ3n) is 1.44. The van der Waals surface area contributed by atoms with E-state index in [1.807, 2.05) is 0 Å². The molecule has 9 heavy (non-hydrogen) atoms. The lowest BCUT2D eigenvalue weighted by Gasteiger charge is -1.94. The monoisotopic (exact) mass is 125 g/mol. The summed E-state index contributed by atoms with van der Waals surface area (Å²) in [6.45, 7) is 4.58. The van der Waals surface area contributed by atoms with Crippen LogP contribution in [-0.4, -0.2) is 12.5 Å². The first-order valence-corrected chi connectivity index (χ1v) is 3.22. The number of carbonyl (C=O) groups excluding carboxylic acids is 1. The zero-order valence-corrected chi connectivity index (χ0v) is 5.44. The van der Waals surface area contributed by atoms with E-state index < -0.39 is 0 Å². The van der Waals surface area contributed by atoms with Gasteiger partial charge in [-0.1, -0.05) is 12.2 Å². The standard InChI is InChI=1S/C7H11NO/c1-6-3-2-4-8-7(9)5-6/h1-5H2,(H,8,9). The second kappa shape index (κ2) is 2.67. The summed E-state index contributed by atoms with van der Waals surface area (Å²) in [4.78, 5) is 10.7. The average molecular weight is 125 g/mol. The summed E-state index contributed by atoms with van der Waals surface area (Å²) in [5, 5.41) is 2.78. The Hall–Kier alpha value is -0.790. The molecule has 1 aliphatic rings. The Morgan fingerprint density at radius 2 is 2.33 bits per heavy atom. The molecule has 0 saturated carbocycles. The number of hydrogen-bond donors (Lipinski definition) is 1. The van der Waals surface area contributed by atoms with Crippen molar-refractivity contribution in [3.8, 4) is 0 Å². The van der Waals surface area contributed by atoms with Crippen molar-refractivity contribution in [2.45, 2.75) is 19.3 Å². The van der Waals surface area contributed by atoms with Crippen LogP contribution in [-0.2, 0) is 4.79 Å². The van der Waals surface area contributed by atoms with Gasteiger partial charge in [0.15, 0.2) is 0 Å². The lowest BCUT2D eigenvalue weighted by atomic mass is 10.1. The predicted octanol–water partition coefficient (Wildman–Crippen LogP) is 0.843. The van der Waals surface area contributed by atoms with Gasteiger partial charge in [0.2, 0.25) is 5.91 Å². The number of carbonyl (C=O) groups is 1. The van der Waals surface area contributed by atoms with Crippen LogP contribution in [0.15, 0.2) is 12.2 Å². The molecule has 1 rings (SSSR count). The summed E-state index contributed by atoms with van der Waals surface area (Å²) in [6, 6.07) is 0. The van der Waals surface area contributed by atoms with Gasteiger partial charge in [-0.15, -0.1) is 0 Å². The average Bonchev–Trinajstić information content (AvgIpc) is 1.93. The first kappa shape index (κ1) is 6.33. The van der Waals surface area contributed by atoms with Gasteiger partial charge in [0.05, 0.1) is 0 Å². The maximum absolute atomic E-state index is 10.7. The van der Waals surface area contributed by atoms with Crippen LogP contribution in [0.2, 0.25) is 0 Å². The number of nitrogens with one attached hydrogen (secondary N) is 1. The smallest absolute Gasteiger partial charge is 0.224 e. The molecule has 2 nitrogen and oxygen atoms in total. The molecule has 0 aromatic rings. The van der Waals surface area contributed by atoms with Gasteiger partial charge in [-0.3, -0.25) is 4.79 Å². The highest BCUT2D eigenvalue weighted by Gasteiger charge is 2.07. The second-order valence-electron chi connectivity index (χ2n) is 2.38. The van der Waals surface area contributed by atoms with Crippen LogP contribution < -0.4 is 5.32 Å². The third kappa shape index (κ3) is 1.88. The van der Waals surface area contributed by atoms with E-state index in [0.29, 0.717) is 6.42 Å². The Balaban J connectivity index is 2.47. The van der Waals surface area contributed by atoms with E-state index in [1.54, 1.807) is 0 Å². The van der Waals surface area contributed by atoms with Crippen molar-refractivity contribution in [1.82, 2.24) is 5.32 Å². The van der Waals surface area contributed by atoms with Crippen LogP contribution in [0.4, 0.5) is 0 Å². The molecule has 0 aliphatic carbocycles. The summed E-state index contributed by atoms with van der Waals surface area (Å²) in [5.41, 5.74) is 1.06. The molecular formula is C7H11NO. The topological polar surface area (TPSA) is 29.1 Å². The lowest BCUT2D eigenvalue weighted by Crippen LogP contribution is -2.21. The summed E-state index contributed by atoms with van der Waals surface area (Å²) in [7, 11) is 0. The van der Waals surface area contributed by atoms with Gasteiger partial charge in [0, 0.05) is 13.0 Å². The summed E-state index contributed by atoms with van der Waals surface area (Å²) >= 11 is 0. The predicted molar refractivity (Wildman–Crippen MR) is 36.0 cm³/mol. The van der Waals surface area contributed by atoms with Crippen LogP contribution in [0.5, 0.6) is 0 Å². The molecule has 1 saturated heterocycles. The Morgan fingerprint density at radius 3 is 3.11 bits per heavy atom. The van der Waals surface area contributed by atoms with Crippen molar-refractivity contribution in [3.05, 3.63) is 12.2 Å². The SMILES string of the molecule is C=C1CCCNC(=O)C1. The quantitative estimate of drug-likeness (QED) is 0.477. The molecule has 1 N–H and O–H groups in total. The molecule has 2 heteroatoms. The van der Waals surface area contributed by atoms with E-state index in [1.165, 1.54) is 0 Å². The van der Waals surface area contributed by atoms with E-state index in [9.17, 15) is 4.79 Å². The summed E-state index contributed by atoms with van der Waals surface area (Å²) in [6.07, 6.45) is 2.57. The number of rotatable bonds is 0. The van der Waals surface area contributed by atoms with E-state index in [2.05, 4.69) is 11.9 Å². The zero-order chi connectivity index (χ0) is 6.69. The lowest BCUT2D eigenvalue weighted by molar-refractivity contribution is -0.120. The highest BCUT2D eigenvalue weighted by Crippen LogP contribution is 2.08. The van der Waals surface area contributed by atoms with E-state index >= 15 is 0 Å². The molecule has 0 unspecified atom stereocenters. The Morgan fingerprint density at radius 1 is 1.56 bits per heavy atom. The van der Waals surface area contributed by atoms with E-state index in [4.69, 9.17) is 0 Å². The number of amides is 1. The largest absolute Gasteiger partial charge is 0.356 e. The summed E-state index contributed by atoms with van der Waals surface area (Å²) in [5.74, 6) is 0.123. The highest BCUT2D eigenvalue weighted by molar-refractivity contribution is 5.78. The normalized spacial score (nSPS) is 20.9. The fourth-order valence-electron chi connectivity index (χ4n) is 0.944. The van der Waals surface area contributed by atoms with Crippen molar-refractivity contribution in [1.29, 1.82) is 0 Å². The first-order valence-electron chi connectivity index (χ1n) is 3.22. The fraction of sp³-hybridized carbons (Fsp3) is 0.571. The van der Waals surface area contributed by atoms with Crippen molar-refractivity contribution in [2.75, 3.05) is 6.54 Å². The van der Waals surface area contributed by atoms with Crippen molar-refractivity contribution < 1.29 is 4.79 Å². The first-order chi connectivity index (χ1) is 4.29. The molecule has 1 fully saturated rings. The minimum absolute atomic E-state index is 0.123. The number of hydrogen-bond acceptors (Lipinski definition) is 1. The minimum atomic E-state index is 0.123. The maximum atomic E-state index is 10.7. The second-order valence-corrected chi connectivity index (χ2v) is 2.38. The summed E-state index contributed by atoms with van der Waals surface area (Å²) < 4.78 is 0. The van der Waals surface area contributed by atoms with Crippen molar-refractivity contribution >= 4 is 5.91 Å². The minimum Gasteiger partial charge on any atom is -0.356 e. The van der Waals surface area contributed by atoms with Gasteiger partial charge in [0.25, 0.3) is 0 Å². The van der Waals surface area contributed by atoms with Crippen molar-refractivity contribution in [3.63, 3.8) is 0 Å². The van der Waals surface area contributed by atoms with Gasteiger partial charge in [-0.2, -0.15) is 0 Å². The van der Waals surface area contributed by atoms with Gasteiger partial charge in [-0.05, 0) is 12.8 Å². The molecule has 50 valence electrons. The molecule has 0 aromatic heterocycles. The Labute approximate surface area is 54.9 Å². The Bertz CT molecular complexity index is 124. The van der Waals surface area contributed by atoms with Crippen LogP contribution in [0.3, 0.4) is 0 Å². The van der Waals surface area contributed by atoms with Gasteiger partial charge in [0.1, 0.15) is 0 Å². The van der Waals surface area contributed by atoms with Gasteiger partial charge in [-0.25, -0.2) is 0 Å². The maximum Gasteiger partial charge on any atom is 0.224 e. The fourth-order valence-corrected chi connectivity index (χ4v) is 0.944. The van der Waals surface area contributed by atoms with Crippen LogP contribution >= 0.6 is 0 Å². The molecule has 0 spiro atoms. The Kier molecular flexibility index (Phi) is 1.88.